The number of fused-ring (bicyclic) bond motifs is 1. The SMILES string of the molecule is COCCCN1C(=O)/C(=C/c2cc3c(cc2C)N(C)C(C)(C)CC3C)SC1=Nc1ccccc1. The number of amidine groups is 1. The first kappa shape index (κ1) is 24.6. The van der Waals surface area contributed by atoms with Crippen LogP contribution >= 0.6 is 11.8 Å². The van der Waals surface area contributed by atoms with E-state index in [0.717, 1.165) is 29.3 Å². The predicted molar refractivity (Wildman–Crippen MR) is 144 cm³/mol. The third kappa shape index (κ3) is 4.93. The second-order valence-electron chi connectivity index (χ2n) is 9.89. The average Bonchev–Trinajstić information content (AvgIpc) is 3.08. The van der Waals surface area contributed by atoms with Gasteiger partial charge in [0.15, 0.2) is 5.17 Å². The van der Waals surface area contributed by atoms with E-state index in [4.69, 9.17) is 9.73 Å². The molecule has 0 radical (unpaired) electrons. The number of thioether (sulfide) groups is 1. The standard InChI is InChI=1S/C28H35N3O2S/c1-19-15-24-23(20(2)18-28(3,4)30(24)5)16-21(19)17-25-26(32)31(13-10-14-33-6)27(34-25)29-22-11-8-7-9-12-22/h7-9,11-12,15-17,20H,10,13-14,18H2,1-6H3/b25-17-,29-27?. The van der Waals surface area contributed by atoms with Crippen LogP contribution in [0.4, 0.5) is 11.4 Å². The van der Waals surface area contributed by atoms with Crippen LogP contribution in [-0.4, -0.2) is 48.8 Å². The smallest absolute Gasteiger partial charge is 0.266 e. The fraction of sp³-hybridized carbons (Fsp3) is 0.429. The van der Waals surface area contributed by atoms with E-state index in [1.54, 1.807) is 12.0 Å². The van der Waals surface area contributed by atoms with Gasteiger partial charge in [-0.2, -0.15) is 0 Å². The molecule has 6 heteroatoms. The largest absolute Gasteiger partial charge is 0.385 e. The van der Waals surface area contributed by atoms with Gasteiger partial charge in [0.25, 0.3) is 5.91 Å². The van der Waals surface area contributed by atoms with Gasteiger partial charge in [-0.1, -0.05) is 25.1 Å². The third-order valence-electron chi connectivity index (χ3n) is 6.91. The summed E-state index contributed by atoms with van der Waals surface area (Å²) in [4.78, 5) is 23.1. The summed E-state index contributed by atoms with van der Waals surface area (Å²) in [6.45, 7) is 10.2. The lowest BCUT2D eigenvalue weighted by molar-refractivity contribution is -0.122. The Balaban J connectivity index is 1.69. The lowest BCUT2D eigenvalue weighted by atomic mass is 9.79. The zero-order valence-electron chi connectivity index (χ0n) is 21.1. The summed E-state index contributed by atoms with van der Waals surface area (Å²) >= 11 is 1.46. The van der Waals surface area contributed by atoms with E-state index in [2.05, 4.69) is 51.8 Å². The summed E-state index contributed by atoms with van der Waals surface area (Å²) in [7, 11) is 3.87. The highest BCUT2D eigenvalue weighted by molar-refractivity contribution is 8.18. The maximum absolute atomic E-state index is 13.4. The number of rotatable bonds is 6. The molecule has 4 rings (SSSR count). The molecule has 1 unspecified atom stereocenters. The minimum absolute atomic E-state index is 0.0132. The number of carbonyl (C=O) groups excluding carboxylic acids is 1. The molecular formula is C28H35N3O2S. The van der Waals surface area contributed by atoms with E-state index in [1.165, 1.54) is 28.6 Å². The van der Waals surface area contributed by atoms with E-state index in [0.29, 0.717) is 24.0 Å². The monoisotopic (exact) mass is 477 g/mol. The number of ether oxygens (including phenoxy) is 1. The van der Waals surface area contributed by atoms with Crippen molar-refractivity contribution in [3.63, 3.8) is 0 Å². The molecule has 2 aliphatic heterocycles. The molecule has 2 aliphatic rings. The summed E-state index contributed by atoms with van der Waals surface area (Å²) in [5.41, 5.74) is 5.90. The van der Waals surface area contributed by atoms with Gasteiger partial charge >= 0.3 is 0 Å². The lowest BCUT2D eigenvalue weighted by Gasteiger charge is -2.45. The molecule has 2 aromatic rings. The second kappa shape index (κ2) is 9.96. The van der Waals surface area contributed by atoms with Gasteiger partial charge in [-0.25, -0.2) is 4.99 Å². The number of hydrogen-bond acceptors (Lipinski definition) is 5. The van der Waals surface area contributed by atoms with Gasteiger partial charge in [0.05, 0.1) is 10.6 Å². The number of hydrogen-bond donors (Lipinski definition) is 0. The summed E-state index contributed by atoms with van der Waals surface area (Å²) in [5, 5.41) is 0.726. The zero-order valence-corrected chi connectivity index (χ0v) is 21.9. The minimum Gasteiger partial charge on any atom is -0.385 e. The third-order valence-corrected chi connectivity index (χ3v) is 7.91. The molecule has 0 aromatic heterocycles. The summed E-state index contributed by atoms with van der Waals surface area (Å²) < 4.78 is 5.21. The maximum Gasteiger partial charge on any atom is 0.266 e. The van der Waals surface area contributed by atoms with E-state index in [9.17, 15) is 4.79 Å². The normalized spacial score (nSPS) is 22.1. The number of methoxy groups -OCH3 is 1. The Bertz CT molecular complexity index is 1120. The molecule has 0 aliphatic carbocycles. The number of nitrogens with zero attached hydrogens (tertiary/aromatic N) is 3. The molecule has 0 bridgehead atoms. The van der Waals surface area contributed by atoms with Crippen LogP contribution in [-0.2, 0) is 9.53 Å². The van der Waals surface area contributed by atoms with Gasteiger partial charge in [0, 0.05) is 38.5 Å². The van der Waals surface area contributed by atoms with Crippen molar-refractivity contribution in [2.24, 2.45) is 4.99 Å². The number of benzene rings is 2. The van der Waals surface area contributed by atoms with Crippen molar-refractivity contribution in [1.82, 2.24) is 4.90 Å². The van der Waals surface area contributed by atoms with Crippen LogP contribution in [0, 0.1) is 6.92 Å². The highest BCUT2D eigenvalue weighted by Gasteiger charge is 2.36. The summed E-state index contributed by atoms with van der Waals surface area (Å²) in [5.74, 6) is 0.478. The number of anilines is 1. The molecule has 2 aromatic carbocycles. The molecule has 0 saturated carbocycles. The zero-order chi connectivity index (χ0) is 24.5. The minimum atomic E-state index is 0.0132. The molecule has 2 heterocycles. The predicted octanol–water partition coefficient (Wildman–Crippen LogP) is 6.36. The number of carbonyl (C=O) groups is 1. The van der Waals surface area contributed by atoms with Crippen LogP contribution in [0.1, 0.15) is 56.2 Å². The molecule has 1 saturated heterocycles. The topological polar surface area (TPSA) is 45.1 Å². The van der Waals surface area contributed by atoms with Crippen molar-refractivity contribution in [1.29, 1.82) is 0 Å². The maximum atomic E-state index is 13.4. The van der Waals surface area contributed by atoms with Gasteiger partial charge in [-0.3, -0.25) is 9.69 Å². The summed E-state index contributed by atoms with van der Waals surface area (Å²) in [6.07, 6.45) is 3.91. The number of para-hydroxylation sites is 1. The molecule has 1 amide bonds. The molecule has 0 N–H and O–H groups in total. The number of aliphatic imine (C=N–C) groups is 1. The van der Waals surface area contributed by atoms with Crippen molar-refractivity contribution in [3.05, 3.63) is 64.1 Å². The molecule has 0 spiro atoms. The molecule has 5 nitrogen and oxygen atoms in total. The highest BCUT2D eigenvalue weighted by Crippen LogP contribution is 2.44. The van der Waals surface area contributed by atoms with Gasteiger partial charge in [-0.15, -0.1) is 0 Å². The first-order valence-electron chi connectivity index (χ1n) is 11.9. The van der Waals surface area contributed by atoms with Crippen molar-refractivity contribution in [3.8, 4) is 0 Å². The molecule has 34 heavy (non-hydrogen) atoms. The van der Waals surface area contributed by atoms with Crippen molar-refractivity contribution in [2.75, 3.05) is 32.2 Å². The van der Waals surface area contributed by atoms with Gasteiger partial charge in [-0.05, 0) is 98.3 Å². The highest BCUT2D eigenvalue weighted by atomic mass is 32.2. The summed E-state index contributed by atoms with van der Waals surface area (Å²) in [6, 6.07) is 14.4. The van der Waals surface area contributed by atoms with Crippen molar-refractivity contribution >= 4 is 40.3 Å². The molecular weight excluding hydrogens is 442 g/mol. The quantitative estimate of drug-likeness (QED) is 0.359. The van der Waals surface area contributed by atoms with E-state index in [1.807, 2.05) is 36.4 Å². The average molecular weight is 478 g/mol. The second-order valence-corrected chi connectivity index (χ2v) is 10.9. The van der Waals surface area contributed by atoms with Gasteiger partial charge < -0.3 is 9.64 Å². The Labute approximate surface area is 207 Å². The molecule has 180 valence electrons. The fourth-order valence-electron chi connectivity index (χ4n) is 4.80. The lowest BCUT2D eigenvalue weighted by Crippen LogP contribution is -2.45. The Kier molecular flexibility index (Phi) is 7.20. The van der Waals surface area contributed by atoms with Crippen LogP contribution in [0.3, 0.4) is 0 Å². The Morgan fingerprint density at radius 1 is 1.24 bits per heavy atom. The first-order valence-corrected chi connectivity index (χ1v) is 12.8. The molecule has 1 fully saturated rings. The Morgan fingerprint density at radius 3 is 2.68 bits per heavy atom. The number of aryl methyl sites for hydroxylation is 1. The van der Waals surface area contributed by atoms with E-state index >= 15 is 0 Å². The van der Waals surface area contributed by atoms with Crippen molar-refractivity contribution in [2.45, 2.75) is 52.0 Å². The van der Waals surface area contributed by atoms with Crippen LogP contribution in [0.2, 0.25) is 0 Å². The van der Waals surface area contributed by atoms with Crippen LogP contribution in [0.5, 0.6) is 0 Å². The Hall–Kier alpha value is -2.57. The fourth-order valence-corrected chi connectivity index (χ4v) is 5.82. The van der Waals surface area contributed by atoms with E-state index < -0.39 is 0 Å². The number of amides is 1. The van der Waals surface area contributed by atoms with Crippen LogP contribution < -0.4 is 4.90 Å². The van der Waals surface area contributed by atoms with Crippen LogP contribution in [0.15, 0.2) is 52.4 Å². The first-order chi connectivity index (χ1) is 16.2. The Morgan fingerprint density at radius 2 is 1.97 bits per heavy atom. The van der Waals surface area contributed by atoms with Gasteiger partial charge in [0.1, 0.15) is 0 Å². The van der Waals surface area contributed by atoms with E-state index in [-0.39, 0.29) is 11.4 Å². The van der Waals surface area contributed by atoms with Crippen LogP contribution in [0.25, 0.3) is 6.08 Å². The molecule has 1 atom stereocenters. The van der Waals surface area contributed by atoms with Gasteiger partial charge in [0.2, 0.25) is 0 Å². The van der Waals surface area contributed by atoms with Crippen molar-refractivity contribution < 1.29 is 9.53 Å².